The quantitative estimate of drug-likeness (QED) is 0.646. The molecule has 0 spiro atoms. The summed E-state index contributed by atoms with van der Waals surface area (Å²) in [6, 6.07) is 10.4. The molecule has 152 valence electrons. The lowest BCUT2D eigenvalue weighted by atomic mass is 9.87. The Morgan fingerprint density at radius 2 is 2.21 bits per heavy atom. The molecule has 5 heteroatoms. The third-order valence-electron chi connectivity index (χ3n) is 5.62. The monoisotopic (exact) mass is 407 g/mol. The lowest BCUT2D eigenvalue weighted by Gasteiger charge is -2.22. The van der Waals surface area contributed by atoms with Crippen LogP contribution in [0.1, 0.15) is 61.6 Å². The summed E-state index contributed by atoms with van der Waals surface area (Å²) in [6.45, 7) is 8.35. The van der Waals surface area contributed by atoms with Gasteiger partial charge in [0.15, 0.2) is 0 Å². The zero-order valence-electron chi connectivity index (χ0n) is 17.7. The molecule has 1 aliphatic rings. The second-order valence-corrected chi connectivity index (χ2v) is 9.06. The summed E-state index contributed by atoms with van der Waals surface area (Å²) in [5, 5.41) is 13.2. The van der Waals surface area contributed by atoms with E-state index >= 15 is 0 Å². The number of thioether (sulfide) groups is 1. The van der Waals surface area contributed by atoms with Gasteiger partial charge in [-0.3, -0.25) is 4.79 Å². The summed E-state index contributed by atoms with van der Waals surface area (Å²) in [6.07, 6.45) is 4.59. The Labute approximate surface area is 178 Å². The first kappa shape index (κ1) is 21.4. The van der Waals surface area contributed by atoms with Crippen molar-refractivity contribution in [1.82, 2.24) is 4.98 Å². The molecule has 29 heavy (non-hydrogen) atoms. The van der Waals surface area contributed by atoms with Crippen molar-refractivity contribution >= 4 is 23.4 Å². The van der Waals surface area contributed by atoms with Crippen molar-refractivity contribution in [1.29, 1.82) is 5.26 Å². The number of hydrogen-bond acceptors (Lipinski definition) is 4. The van der Waals surface area contributed by atoms with Crippen LogP contribution in [-0.4, -0.2) is 16.1 Å². The van der Waals surface area contributed by atoms with E-state index in [4.69, 9.17) is 4.98 Å². The number of para-hydroxylation sites is 1. The van der Waals surface area contributed by atoms with Gasteiger partial charge in [-0.2, -0.15) is 5.26 Å². The number of anilines is 1. The molecular weight excluding hydrogens is 378 g/mol. The fourth-order valence-corrected chi connectivity index (χ4v) is 4.86. The number of pyridine rings is 1. The number of fused-ring (bicyclic) bond motifs is 1. The van der Waals surface area contributed by atoms with Crippen molar-refractivity contribution in [3.63, 3.8) is 0 Å². The van der Waals surface area contributed by atoms with Gasteiger partial charge in [0.05, 0.1) is 10.8 Å². The number of carbonyl (C=O) groups excluding carboxylic acids is 1. The molecule has 0 aliphatic heterocycles. The highest BCUT2D eigenvalue weighted by atomic mass is 32.2. The van der Waals surface area contributed by atoms with Crippen LogP contribution in [-0.2, 0) is 24.1 Å². The highest BCUT2D eigenvalue weighted by Gasteiger charge is 2.24. The second-order valence-electron chi connectivity index (χ2n) is 7.87. The maximum atomic E-state index is 13.1. The van der Waals surface area contributed by atoms with Gasteiger partial charge in [0.2, 0.25) is 5.91 Å². The van der Waals surface area contributed by atoms with Crippen molar-refractivity contribution < 1.29 is 4.79 Å². The molecule has 0 saturated carbocycles. The molecule has 1 N–H and O–H groups in total. The van der Waals surface area contributed by atoms with Crippen LogP contribution in [0.15, 0.2) is 29.3 Å². The molecular formula is C24H29N3OS. The average molecular weight is 408 g/mol. The summed E-state index contributed by atoms with van der Waals surface area (Å²) in [5.41, 5.74) is 5.97. The predicted molar refractivity (Wildman–Crippen MR) is 119 cm³/mol. The minimum atomic E-state index is -0.292. The van der Waals surface area contributed by atoms with Crippen LogP contribution in [0.4, 0.5) is 5.69 Å². The van der Waals surface area contributed by atoms with E-state index in [2.05, 4.69) is 31.3 Å². The van der Waals surface area contributed by atoms with E-state index in [0.717, 1.165) is 48.2 Å². The number of amides is 1. The molecule has 2 atom stereocenters. The summed E-state index contributed by atoms with van der Waals surface area (Å²) in [7, 11) is 0. The molecule has 0 bridgehead atoms. The number of hydrogen-bond donors (Lipinski definition) is 1. The Balaban J connectivity index is 1.83. The molecule has 1 aliphatic carbocycles. The van der Waals surface area contributed by atoms with Gasteiger partial charge in [0.1, 0.15) is 11.1 Å². The number of benzene rings is 1. The number of nitrogens with one attached hydrogen (secondary N) is 1. The van der Waals surface area contributed by atoms with Crippen molar-refractivity contribution in [2.45, 2.75) is 70.1 Å². The molecule has 2 aromatic rings. The van der Waals surface area contributed by atoms with E-state index in [1.807, 2.05) is 32.0 Å². The smallest absolute Gasteiger partial charge is 0.237 e. The molecule has 1 aromatic heterocycles. The maximum Gasteiger partial charge on any atom is 0.237 e. The number of aryl methyl sites for hydroxylation is 3. The van der Waals surface area contributed by atoms with Crippen LogP contribution in [0.3, 0.4) is 0 Å². The largest absolute Gasteiger partial charge is 0.325 e. The summed E-state index contributed by atoms with van der Waals surface area (Å²) in [5.74, 6) is 0.601. The van der Waals surface area contributed by atoms with E-state index in [-0.39, 0.29) is 11.2 Å². The van der Waals surface area contributed by atoms with Gasteiger partial charge in [-0.1, -0.05) is 50.7 Å². The lowest BCUT2D eigenvalue weighted by molar-refractivity contribution is -0.115. The maximum absolute atomic E-state index is 13.1. The van der Waals surface area contributed by atoms with Gasteiger partial charge in [-0.15, -0.1) is 0 Å². The molecule has 4 nitrogen and oxygen atoms in total. The SMILES string of the molecule is CCc1cccc(C)c1NC(=O)C(CC)Sc1nc2c(cc1C#N)CC(C)CC2. The van der Waals surface area contributed by atoms with Crippen LogP contribution >= 0.6 is 11.8 Å². The first-order chi connectivity index (χ1) is 14.0. The Morgan fingerprint density at radius 3 is 2.90 bits per heavy atom. The normalized spacial score (nSPS) is 16.6. The molecule has 2 unspecified atom stereocenters. The van der Waals surface area contributed by atoms with Crippen LogP contribution in [0.2, 0.25) is 0 Å². The van der Waals surface area contributed by atoms with E-state index in [9.17, 15) is 10.1 Å². The molecule has 1 aromatic carbocycles. The Hall–Kier alpha value is -2.32. The number of carbonyl (C=O) groups is 1. The standard InChI is InChI=1S/C24H29N3OS/c1-5-17-9-7-8-16(4)22(17)27-23(28)21(6-2)29-24-19(14-25)13-18-12-15(3)10-11-20(18)26-24/h7-9,13,15,21H,5-6,10-12H2,1-4H3,(H,27,28). The number of aromatic nitrogens is 1. The van der Waals surface area contributed by atoms with E-state index < -0.39 is 0 Å². The highest BCUT2D eigenvalue weighted by molar-refractivity contribution is 8.00. The highest BCUT2D eigenvalue weighted by Crippen LogP contribution is 2.33. The van der Waals surface area contributed by atoms with Gasteiger partial charge < -0.3 is 5.32 Å². The van der Waals surface area contributed by atoms with Crippen LogP contribution in [0.25, 0.3) is 0 Å². The molecule has 0 fully saturated rings. The van der Waals surface area contributed by atoms with E-state index in [0.29, 0.717) is 22.9 Å². The van der Waals surface area contributed by atoms with Gasteiger partial charge >= 0.3 is 0 Å². The number of rotatable bonds is 6. The first-order valence-electron chi connectivity index (χ1n) is 10.5. The van der Waals surface area contributed by atoms with E-state index in [1.165, 1.54) is 17.3 Å². The van der Waals surface area contributed by atoms with Gasteiger partial charge in [-0.05, 0) is 67.7 Å². The topological polar surface area (TPSA) is 65.8 Å². The minimum absolute atomic E-state index is 0.0291. The third-order valence-corrected chi connectivity index (χ3v) is 6.99. The van der Waals surface area contributed by atoms with Crippen molar-refractivity contribution in [2.24, 2.45) is 5.92 Å². The summed E-state index contributed by atoms with van der Waals surface area (Å²) >= 11 is 1.41. The second kappa shape index (κ2) is 9.45. The Kier molecular flexibility index (Phi) is 6.97. The van der Waals surface area contributed by atoms with Gasteiger partial charge in [0, 0.05) is 11.4 Å². The van der Waals surface area contributed by atoms with Crippen molar-refractivity contribution in [2.75, 3.05) is 5.32 Å². The first-order valence-corrected chi connectivity index (χ1v) is 11.3. The fraction of sp³-hybridized carbons (Fsp3) is 0.458. The van der Waals surface area contributed by atoms with Crippen LogP contribution in [0, 0.1) is 24.2 Å². The lowest BCUT2D eigenvalue weighted by Crippen LogP contribution is -2.26. The summed E-state index contributed by atoms with van der Waals surface area (Å²) in [4.78, 5) is 17.9. The Bertz CT molecular complexity index is 948. The summed E-state index contributed by atoms with van der Waals surface area (Å²) < 4.78 is 0. The fourth-order valence-electron chi connectivity index (χ4n) is 3.86. The molecule has 0 saturated heterocycles. The predicted octanol–water partition coefficient (Wildman–Crippen LogP) is 5.46. The molecule has 1 amide bonds. The van der Waals surface area contributed by atoms with Gasteiger partial charge in [-0.25, -0.2) is 4.98 Å². The number of nitriles is 1. The Morgan fingerprint density at radius 1 is 1.41 bits per heavy atom. The van der Waals surface area contributed by atoms with Crippen molar-refractivity contribution in [3.05, 3.63) is 52.2 Å². The minimum Gasteiger partial charge on any atom is -0.325 e. The molecule has 1 heterocycles. The van der Waals surface area contributed by atoms with Crippen LogP contribution in [0.5, 0.6) is 0 Å². The average Bonchev–Trinajstić information content (AvgIpc) is 2.72. The van der Waals surface area contributed by atoms with Gasteiger partial charge in [0.25, 0.3) is 0 Å². The molecule has 3 rings (SSSR count). The third kappa shape index (κ3) is 4.82. The van der Waals surface area contributed by atoms with Crippen molar-refractivity contribution in [3.8, 4) is 6.07 Å². The van der Waals surface area contributed by atoms with Crippen LogP contribution < -0.4 is 5.32 Å². The zero-order valence-corrected chi connectivity index (χ0v) is 18.5. The zero-order chi connectivity index (χ0) is 21.0. The molecule has 0 radical (unpaired) electrons. The number of nitrogens with zero attached hydrogens (tertiary/aromatic N) is 2. The van der Waals surface area contributed by atoms with E-state index in [1.54, 1.807) is 0 Å².